The Bertz CT molecular complexity index is 694. The molecule has 1 heterocycles. The summed E-state index contributed by atoms with van der Waals surface area (Å²) >= 11 is 0. The molecule has 1 saturated carbocycles. The molecule has 1 N–H and O–H groups in total. The quantitative estimate of drug-likeness (QED) is 0.827. The van der Waals surface area contributed by atoms with E-state index in [-0.39, 0.29) is 29.3 Å². The van der Waals surface area contributed by atoms with Gasteiger partial charge in [0.1, 0.15) is 12.3 Å². The second-order valence-electron chi connectivity index (χ2n) is 6.38. The number of rotatable bonds is 4. The highest BCUT2D eigenvalue weighted by molar-refractivity contribution is 6.08. The van der Waals surface area contributed by atoms with Crippen LogP contribution in [-0.2, 0) is 14.4 Å². The number of benzene rings is 1. The maximum atomic E-state index is 12.3. The van der Waals surface area contributed by atoms with Crippen LogP contribution in [0, 0.1) is 11.8 Å². The molecule has 1 aromatic rings. The number of amides is 3. The number of anilines is 1. The molecular weight excluding hydrogens is 353 g/mol. The molecule has 0 aromatic heterocycles. The third-order valence-corrected chi connectivity index (χ3v) is 4.61. The van der Waals surface area contributed by atoms with Crippen molar-refractivity contribution in [1.29, 1.82) is 0 Å². The van der Waals surface area contributed by atoms with Crippen LogP contribution in [0.1, 0.15) is 25.7 Å². The number of fused-ring (bicyclic) bond motifs is 1. The Kier molecular flexibility index (Phi) is 4.88. The van der Waals surface area contributed by atoms with E-state index in [1.54, 1.807) is 0 Å². The molecule has 0 radical (unpaired) electrons. The highest BCUT2D eigenvalue weighted by Crippen LogP contribution is 2.37. The first-order chi connectivity index (χ1) is 12.2. The van der Waals surface area contributed by atoms with E-state index >= 15 is 0 Å². The van der Waals surface area contributed by atoms with Gasteiger partial charge < -0.3 is 10.1 Å². The standard InChI is InChI=1S/C17H17F3N2O4/c18-17(19,20)26-11-7-5-10(6-8-11)21-14(23)9-22-15(24)12-3-1-2-4-13(12)16(22)25/h5-8,12-13H,1-4,9H2,(H,21,23)/t12-,13-/m0/s1. The van der Waals surface area contributed by atoms with Crippen LogP contribution < -0.4 is 10.1 Å². The van der Waals surface area contributed by atoms with Gasteiger partial charge in [-0.1, -0.05) is 12.8 Å². The predicted octanol–water partition coefficient (Wildman–Crippen LogP) is 2.70. The van der Waals surface area contributed by atoms with Crippen molar-refractivity contribution in [1.82, 2.24) is 4.90 Å². The van der Waals surface area contributed by atoms with Crippen LogP contribution in [0.25, 0.3) is 0 Å². The van der Waals surface area contributed by atoms with Gasteiger partial charge in [0.05, 0.1) is 11.8 Å². The van der Waals surface area contributed by atoms with Gasteiger partial charge in [-0.3, -0.25) is 19.3 Å². The summed E-state index contributed by atoms with van der Waals surface area (Å²) in [4.78, 5) is 37.7. The molecule has 2 fully saturated rings. The molecule has 1 aromatic carbocycles. The van der Waals surface area contributed by atoms with E-state index in [9.17, 15) is 27.6 Å². The van der Waals surface area contributed by atoms with Gasteiger partial charge in [-0.05, 0) is 37.1 Å². The van der Waals surface area contributed by atoms with Crippen LogP contribution in [0.5, 0.6) is 5.75 Å². The minimum atomic E-state index is -4.79. The summed E-state index contributed by atoms with van der Waals surface area (Å²) in [6, 6.07) is 4.60. The molecule has 2 aliphatic rings. The molecule has 3 amide bonds. The van der Waals surface area contributed by atoms with Gasteiger partial charge in [0, 0.05) is 5.69 Å². The number of likely N-dealkylation sites (tertiary alicyclic amines) is 1. The number of hydrogen-bond donors (Lipinski definition) is 1. The average Bonchev–Trinajstić information content (AvgIpc) is 2.81. The van der Waals surface area contributed by atoms with Gasteiger partial charge in [-0.2, -0.15) is 0 Å². The smallest absolute Gasteiger partial charge is 0.406 e. The van der Waals surface area contributed by atoms with Crippen molar-refractivity contribution < 1.29 is 32.3 Å². The van der Waals surface area contributed by atoms with E-state index in [2.05, 4.69) is 10.1 Å². The fourth-order valence-electron chi connectivity index (χ4n) is 3.47. The molecule has 0 unspecified atom stereocenters. The van der Waals surface area contributed by atoms with Crippen molar-refractivity contribution in [2.45, 2.75) is 32.0 Å². The zero-order valence-electron chi connectivity index (χ0n) is 13.7. The third kappa shape index (κ3) is 3.97. The fraction of sp³-hybridized carbons (Fsp3) is 0.471. The molecule has 1 aliphatic carbocycles. The van der Waals surface area contributed by atoms with Crippen molar-refractivity contribution >= 4 is 23.4 Å². The first kappa shape index (κ1) is 18.2. The Labute approximate surface area is 147 Å². The number of halogens is 3. The largest absolute Gasteiger partial charge is 0.573 e. The van der Waals surface area contributed by atoms with Gasteiger partial charge in [0.15, 0.2) is 0 Å². The molecule has 0 bridgehead atoms. The summed E-state index contributed by atoms with van der Waals surface area (Å²) in [5, 5.41) is 2.46. The zero-order valence-corrected chi connectivity index (χ0v) is 13.7. The summed E-state index contributed by atoms with van der Waals surface area (Å²) in [7, 11) is 0. The second kappa shape index (κ2) is 6.97. The lowest BCUT2D eigenvalue weighted by atomic mass is 9.81. The van der Waals surface area contributed by atoms with E-state index in [1.807, 2.05) is 0 Å². The van der Waals surface area contributed by atoms with E-state index in [0.29, 0.717) is 12.8 Å². The molecule has 1 aliphatic heterocycles. The first-order valence-electron chi connectivity index (χ1n) is 8.25. The first-order valence-corrected chi connectivity index (χ1v) is 8.25. The van der Waals surface area contributed by atoms with Crippen LogP contribution in [0.4, 0.5) is 18.9 Å². The van der Waals surface area contributed by atoms with Crippen molar-refractivity contribution in [3.63, 3.8) is 0 Å². The minimum absolute atomic E-state index is 0.237. The van der Waals surface area contributed by atoms with Crippen LogP contribution in [0.15, 0.2) is 24.3 Å². The average molecular weight is 370 g/mol. The number of nitrogens with zero attached hydrogens (tertiary/aromatic N) is 1. The highest BCUT2D eigenvalue weighted by Gasteiger charge is 2.48. The summed E-state index contributed by atoms with van der Waals surface area (Å²) in [6.07, 6.45) is -1.68. The van der Waals surface area contributed by atoms with Crippen LogP contribution in [0.2, 0.25) is 0 Å². The SMILES string of the molecule is O=C(CN1C(=O)[C@H]2CCCC[C@@H]2C1=O)Nc1ccc(OC(F)(F)F)cc1. The van der Waals surface area contributed by atoms with Crippen LogP contribution in [-0.4, -0.2) is 35.5 Å². The van der Waals surface area contributed by atoms with Gasteiger partial charge in [-0.15, -0.1) is 13.2 Å². The van der Waals surface area contributed by atoms with Crippen molar-refractivity contribution in [2.75, 3.05) is 11.9 Å². The second-order valence-corrected chi connectivity index (χ2v) is 6.38. The Hall–Kier alpha value is -2.58. The lowest BCUT2D eigenvalue weighted by Crippen LogP contribution is -2.38. The topological polar surface area (TPSA) is 75.7 Å². The number of alkyl halides is 3. The third-order valence-electron chi connectivity index (χ3n) is 4.61. The lowest BCUT2D eigenvalue weighted by molar-refractivity contribution is -0.274. The number of carbonyl (C=O) groups is 3. The summed E-state index contributed by atoms with van der Waals surface area (Å²) in [5.74, 6) is -2.29. The lowest BCUT2D eigenvalue weighted by Gasteiger charge is -2.19. The Balaban J connectivity index is 1.59. The van der Waals surface area contributed by atoms with Crippen molar-refractivity contribution in [2.24, 2.45) is 11.8 Å². The molecule has 140 valence electrons. The van der Waals surface area contributed by atoms with Gasteiger partial charge >= 0.3 is 6.36 Å². The van der Waals surface area contributed by atoms with Gasteiger partial charge in [0.25, 0.3) is 0 Å². The normalized spacial score (nSPS) is 23.0. The molecule has 0 spiro atoms. The summed E-state index contributed by atoms with van der Waals surface area (Å²) in [6.45, 7) is -0.397. The number of carbonyl (C=O) groups excluding carboxylic acids is 3. The zero-order chi connectivity index (χ0) is 18.9. The van der Waals surface area contributed by atoms with Crippen LogP contribution >= 0.6 is 0 Å². The van der Waals surface area contributed by atoms with Gasteiger partial charge in [-0.25, -0.2) is 0 Å². The van der Waals surface area contributed by atoms with E-state index in [0.717, 1.165) is 29.9 Å². The maximum absolute atomic E-state index is 12.3. The Morgan fingerprint density at radius 1 is 1.08 bits per heavy atom. The molecule has 1 saturated heterocycles. The van der Waals surface area contributed by atoms with E-state index in [4.69, 9.17) is 0 Å². The predicted molar refractivity (Wildman–Crippen MR) is 83.9 cm³/mol. The number of nitrogens with one attached hydrogen (secondary N) is 1. The number of hydrogen-bond acceptors (Lipinski definition) is 4. The Morgan fingerprint density at radius 2 is 1.62 bits per heavy atom. The van der Waals surface area contributed by atoms with E-state index < -0.39 is 24.6 Å². The summed E-state index contributed by atoms with van der Waals surface area (Å²) in [5.41, 5.74) is 0.237. The molecule has 26 heavy (non-hydrogen) atoms. The minimum Gasteiger partial charge on any atom is -0.406 e. The fourth-order valence-corrected chi connectivity index (χ4v) is 3.47. The molecule has 3 rings (SSSR count). The number of ether oxygens (including phenoxy) is 1. The summed E-state index contributed by atoms with van der Waals surface area (Å²) < 4.78 is 40.1. The molecule has 9 heteroatoms. The van der Waals surface area contributed by atoms with Gasteiger partial charge in [0.2, 0.25) is 17.7 Å². The monoisotopic (exact) mass is 370 g/mol. The molecular formula is C17H17F3N2O4. The maximum Gasteiger partial charge on any atom is 0.573 e. The van der Waals surface area contributed by atoms with Crippen molar-refractivity contribution in [3.05, 3.63) is 24.3 Å². The number of imide groups is 1. The Morgan fingerprint density at radius 3 is 2.12 bits per heavy atom. The molecule has 6 nitrogen and oxygen atoms in total. The van der Waals surface area contributed by atoms with Crippen LogP contribution in [0.3, 0.4) is 0 Å². The highest BCUT2D eigenvalue weighted by atomic mass is 19.4. The molecule has 2 atom stereocenters. The van der Waals surface area contributed by atoms with Crippen molar-refractivity contribution in [3.8, 4) is 5.75 Å². The van der Waals surface area contributed by atoms with E-state index in [1.165, 1.54) is 12.1 Å².